The van der Waals surface area contributed by atoms with Gasteiger partial charge in [-0.25, -0.2) is 0 Å². The Hall–Kier alpha value is -0.550. The molecule has 0 aliphatic carbocycles. The van der Waals surface area contributed by atoms with Gasteiger partial charge >= 0.3 is 0 Å². The molecule has 0 aromatic carbocycles. The van der Waals surface area contributed by atoms with E-state index in [1.807, 2.05) is 0 Å². The van der Waals surface area contributed by atoms with Crippen molar-refractivity contribution in [1.82, 2.24) is 4.90 Å². The summed E-state index contributed by atoms with van der Waals surface area (Å²) in [6.07, 6.45) is 1.29. The van der Waals surface area contributed by atoms with E-state index in [-0.39, 0.29) is 0 Å². The first-order chi connectivity index (χ1) is 5.99. The molecule has 0 saturated carbocycles. The lowest BCUT2D eigenvalue weighted by Gasteiger charge is -2.23. The van der Waals surface area contributed by atoms with Crippen LogP contribution in [0.4, 0.5) is 0 Å². The van der Waals surface area contributed by atoms with Crippen molar-refractivity contribution in [2.24, 2.45) is 5.92 Å². The van der Waals surface area contributed by atoms with Crippen molar-refractivity contribution in [3.8, 4) is 6.07 Å². The molecule has 0 radical (unpaired) electrons. The minimum atomic E-state index is 0.689. The van der Waals surface area contributed by atoms with E-state index in [4.69, 9.17) is 5.26 Å². The maximum absolute atomic E-state index is 7.32. The van der Waals surface area contributed by atoms with Crippen molar-refractivity contribution in [3.63, 3.8) is 0 Å². The fourth-order valence-electron chi connectivity index (χ4n) is 0.832. The fraction of sp³-hybridized carbons (Fsp3) is 0.909. The molecule has 78 valence electrons. The molecule has 0 fully saturated rings. The van der Waals surface area contributed by atoms with Crippen molar-refractivity contribution in [3.05, 3.63) is 0 Å². The van der Waals surface area contributed by atoms with Gasteiger partial charge in [0.05, 0.1) is 6.07 Å². The zero-order valence-corrected chi connectivity index (χ0v) is 9.96. The maximum atomic E-state index is 7.32. The van der Waals surface area contributed by atoms with E-state index in [9.17, 15) is 0 Å². The Morgan fingerprint density at radius 1 is 1.31 bits per heavy atom. The van der Waals surface area contributed by atoms with Gasteiger partial charge in [-0.1, -0.05) is 20.3 Å². The van der Waals surface area contributed by atoms with Crippen LogP contribution >= 0.6 is 0 Å². The molecule has 0 rings (SSSR count). The molecule has 0 N–H and O–H groups in total. The van der Waals surface area contributed by atoms with Crippen LogP contribution in [-0.2, 0) is 0 Å². The van der Waals surface area contributed by atoms with Gasteiger partial charge in [-0.05, 0) is 26.8 Å². The third-order valence-corrected chi connectivity index (χ3v) is 2.18. The molecule has 2 nitrogen and oxygen atoms in total. The summed E-state index contributed by atoms with van der Waals surface area (Å²) >= 11 is 0. The zero-order chi connectivity index (χ0) is 10.9. The summed E-state index contributed by atoms with van der Waals surface area (Å²) in [6.45, 7) is 11.7. The molecule has 1 atom stereocenters. The van der Waals surface area contributed by atoms with E-state index in [1.54, 1.807) is 6.07 Å². The number of rotatable bonds is 4. The topological polar surface area (TPSA) is 27.0 Å². The number of hydrogen-bond donors (Lipinski definition) is 0. The first kappa shape index (κ1) is 14.9. The Kier molecular flexibility index (Phi) is 11.0. The van der Waals surface area contributed by atoms with Gasteiger partial charge in [-0.3, -0.25) is 0 Å². The van der Waals surface area contributed by atoms with Gasteiger partial charge in [0.1, 0.15) is 0 Å². The fourth-order valence-corrected chi connectivity index (χ4v) is 0.832. The molecule has 0 heterocycles. The van der Waals surface area contributed by atoms with Gasteiger partial charge in [-0.2, -0.15) is 5.26 Å². The molecule has 0 bridgehead atoms. The molecule has 0 aliphatic heterocycles. The van der Waals surface area contributed by atoms with Crippen LogP contribution in [0.1, 0.15) is 41.0 Å². The van der Waals surface area contributed by atoms with Crippen LogP contribution in [0.25, 0.3) is 0 Å². The summed E-state index contributed by atoms with van der Waals surface area (Å²) in [7, 11) is 2.19. The third kappa shape index (κ3) is 11.5. The smallest absolute Gasteiger partial charge is 0.0587 e. The minimum Gasteiger partial charge on any atom is -0.304 e. The van der Waals surface area contributed by atoms with Gasteiger partial charge in [0.25, 0.3) is 0 Å². The van der Waals surface area contributed by atoms with Crippen molar-refractivity contribution >= 4 is 0 Å². The molecule has 0 aromatic heterocycles. The highest BCUT2D eigenvalue weighted by atomic mass is 15.1. The Morgan fingerprint density at radius 3 is 1.92 bits per heavy atom. The largest absolute Gasteiger partial charge is 0.304 e. The van der Waals surface area contributed by atoms with Crippen LogP contribution < -0.4 is 0 Å². The summed E-state index contributed by atoms with van der Waals surface area (Å²) in [5.74, 6) is 0.840. The minimum absolute atomic E-state index is 0.689. The SMILES string of the molecule is CC#N.CCC(C)CN(C)C(C)C. The lowest BCUT2D eigenvalue weighted by Crippen LogP contribution is -2.30. The highest BCUT2D eigenvalue weighted by Gasteiger charge is 2.06. The number of nitrogens with zero attached hydrogens (tertiary/aromatic N) is 2. The molecule has 13 heavy (non-hydrogen) atoms. The second-order valence-corrected chi connectivity index (χ2v) is 3.77. The van der Waals surface area contributed by atoms with Crippen LogP contribution in [-0.4, -0.2) is 24.5 Å². The Morgan fingerprint density at radius 2 is 1.69 bits per heavy atom. The van der Waals surface area contributed by atoms with E-state index in [0.717, 1.165) is 5.92 Å². The molecule has 0 aliphatic rings. The lowest BCUT2D eigenvalue weighted by molar-refractivity contribution is 0.234. The van der Waals surface area contributed by atoms with E-state index in [1.165, 1.54) is 19.9 Å². The van der Waals surface area contributed by atoms with Gasteiger partial charge in [0.2, 0.25) is 0 Å². The van der Waals surface area contributed by atoms with E-state index >= 15 is 0 Å². The molecule has 0 amide bonds. The highest BCUT2D eigenvalue weighted by molar-refractivity contribution is 4.60. The Bertz CT molecular complexity index is 136. The first-order valence-electron chi connectivity index (χ1n) is 5.00. The van der Waals surface area contributed by atoms with Gasteiger partial charge in [0.15, 0.2) is 0 Å². The van der Waals surface area contributed by atoms with E-state index < -0.39 is 0 Å². The summed E-state index contributed by atoms with van der Waals surface area (Å²) in [5, 5.41) is 7.32. The number of hydrogen-bond acceptors (Lipinski definition) is 2. The van der Waals surface area contributed by atoms with Crippen molar-refractivity contribution in [2.75, 3.05) is 13.6 Å². The Labute approximate surface area is 83.5 Å². The number of nitriles is 1. The summed E-state index contributed by atoms with van der Waals surface area (Å²) in [4.78, 5) is 2.40. The first-order valence-corrected chi connectivity index (χ1v) is 5.00. The normalized spacial score (nSPS) is 11.9. The van der Waals surface area contributed by atoms with Crippen molar-refractivity contribution < 1.29 is 0 Å². The standard InChI is InChI=1S/C9H21N.C2H3N/c1-6-9(4)7-10(5)8(2)3;1-2-3/h8-9H,6-7H2,1-5H3;1H3. The van der Waals surface area contributed by atoms with Crippen LogP contribution in [0, 0.1) is 17.2 Å². The van der Waals surface area contributed by atoms with Crippen LogP contribution in [0.5, 0.6) is 0 Å². The predicted octanol–water partition coefficient (Wildman–Crippen LogP) is 2.90. The zero-order valence-electron chi connectivity index (χ0n) is 9.96. The van der Waals surface area contributed by atoms with E-state index in [2.05, 4.69) is 39.6 Å². The molecule has 0 saturated heterocycles. The molecule has 1 unspecified atom stereocenters. The molecule has 2 heteroatoms. The average Bonchev–Trinajstić information content (AvgIpc) is 2.05. The van der Waals surface area contributed by atoms with Gasteiger partial charge in [-0.15, -0.1) is 0 Å². The van der Waals surface area contributed by atoms with Crippen LogP contribution in [0.2, 0.25) is 0 Å². The average molecular weight is 184 g/mol. The summed E-state index contributed by atoms with van der Waals surface area (Å²) < 4.78 is 0. The van der Waals surface area contributed by atoms with Crippen LogP contribution in [0.3, 0.4) is 0 Å². The molecular weight excluding hydrogens is 160 g/mol. The highest BCUT2D eigenvalue weighted by Crippen LogP contribution is 2.04. The Balaban J connectivity index is 0. The van der Waals surface area contributed by atoms with Gasteiger partial charge < -0.3 is 4.90 Å². The van der Waals surface area contributed by atoms with Gasteiger partial charge in [0, 0.05) is 19.5 Å². The quantitative estimate of drug-likeness (QED) is 0.671. The second-order valence-electron chi connectivity index (χ2n) is 3.77. The summed E-state index contributed by atoms with van der Waals surface area (Å²) in [6, 6.07) is 2.44. The van der Waals surface area contributed by atoms with Crippen LogP contribution in [0.15, 0.2) is 0 Å². The maximum Gasteiger partial charge on any atom is 0.0587 e. The molecule has 0 aromatic rings. The third-order valence-electron chi connectivity index (χ3n) is 2.18. The molecular formula is C11H24N2. The van der Waals surface area contributed by atoms with Crippen molar-refractivity contribution in [2.45, 2.75) is 47.1 Å². The lowest BCUT2D eigenvalue weighted by atomic mass is 10.1. The predicted molar refractivity (Wildman–Crippen MR) is 58.5 cm³/mol. The monoisotopic (exact) mass is 184 g/mol. The summed E-state index contributed by atoms with van der Waals surface area (Å²) in [5.41, 5.74) is 0. The van der Waals surface area contributed by atoms with E-state index in [0.29, 0.717) is 6.04 Å². The molecule has 0 spiro atoms. The van der Waals surface area contributed by atoms with Crippen molar-refractivity contribution in [1.29, 1.82) is 5.26 Å². The second kappa shape index (κ2) is 9.54.